The summed E-state index contributed by atoms with van der Waals surface area (Å²) >= 11 is 0. The molecule has 2 aromatic heterocycles. The average molecular weight is 496 g/mol. The molecule has 0 bridgehead atoms. The summed E-state index contributed by atoms with van der Waals surface area (Å²) in [6.07, 6.45) is -3.10. The highest BCUT2D eigenvalue weighted by molar-refractivity contribution is 7.89. The highest BCUT2D eigenvalue weighted by atomic mass is 32.2. The molecule has 0 aliphatic carbocycles. The molecule has 3 heterocycles. The van der Waals surface area contributed by atoms with E-state index >= 15 is 0 Å². The lowest BCUT2D eigenvalue weighted by atomic mass is 10.2. The topological polar surface area (TPSA) is 87.7 Å². The molecule has 0 atom stereocenters. The van der Waals surface area contributed by atoms with Crippen LogP contribution in [0.2, 0.25) is 0 Å². The summed E-state index contributed by atoms with van der Waals surface area (Å²) in [6, 6.07) is 10.0. The molecule has 0 spiro atoms. The molecule has 1 saturated heterocycles. The Labute approximate surface area is 195 Å². The molecule has 0 radical (unpaired) electrons. The predicted octanol–water partition coefficient (Wildman–Crippen LogP) is 3.26. The number of anilines is 1. The second kappa shape index (κ2) is 9.72. The van der Waals surface area contributed by atoms with Gasteiger partial charge >= 0.3 is 6.36 Å². The van der Waals surface area contributed by atoms with Gasteiger partial charge in [0.2, 0.25) is 10.0 Å². The largest absolute Gasteiger partial charge is 0.573 e. The Morgan fingerprint density at radius 3 is 2.41 bits per heavy atom. The number of alkyl halides is 3. The lowest BCUT2D eigenvalue weighted by molar-refractivity contribution is -0.274. The van der Waals surface area contributed by atoms with Gasteiger partial charge in [0.25, 0.3) is 0 Å². The molecule has 1 aromatic carbocycles. The summed E-state index contributed by atoms with van der Waals surface area (Å²) in [4.78, 5) is 10.9. The van der Waals surface area contributed by atoms with Gasteiger partial charge in [-0.25, -0.2) is 13.4 Å². The third kappa shape index (κ3) is 5.75. The van der Waals surface area contributed by atoms with E-state index in [1.54, 1.807) is 6.20 Å². The summed E-state index contributed by atoms with van der Waals surface area (Å²) in [5.74, 6) is 0.300. The van der Waals surface area contributed by atoms with Gasteiger partial charge in [0, 0.05) is 56.5 Å². The van der Waals surface area contributed by atoms with Crippen molar-refractivity contribution in [2.75, 3.05) is 44.6 Å². The number of nitrogens with zero attached hydrogens (tertiary/aromatic N) is 4. The number of nitrogens with one attached hydrogen (secondary N) is 1. The van der Waals surface area contributed by atoms with E-state index in [0.717, 1.165) is 46.7 Å². The van der Waals surface area contributed by atoms with E-state index in [9.17, 15) is 21.6 Å². The first-order valence-corrected chi connectivity index (χ1v) is 12.1. The minimum Gasteiger partial charge on any atom is -0.406 e. The van der Waals surface area contributed by atoms with Crippen molar-refractivity contribution in [3.63, 3.8) is 0 Å². The van der Waals surface area contributed by atoms with Crippen molar-refractivity contribution in [1.82, 2.24) is 19.2 Å². The number of piperazine rings is 1. The van der Waals surface area contributed by atoms with E-state index in [0.29, 0.717) is 39.3 Å². The van der Waals surface area contributed by atoms with Gasteiger partial charge in [-0.15, -0.1) is 13.2 Å². The van der Waals surface area contributed by atoms with E-state index in [1.807, 2.05) is 25.1 Å². The van der Waals surface area contributed by atoms with Crippen molar-refractivity contribution in [3.8, 4) is 5.75 Å². The fourth-order valence-corrected chi connectivity index (χ4v) is 5.22. The van der Waals surface area contributed by atoms with Gasteiger partial charge in [0.05, 0.1) is 10.4 Å². The number of rotatable bonds is 7. The van der Waals surface area contributed by atoms with Gasteiger partial charge in [-0.2, -0.15) is 4.31 Å². The number of sulfonamides is 1. The summed E-state index contributed by atoms with van der Waals surface area (Å²) < 4.78 is 67.7. The molecule has 0 amide bonds. The minimum absolute atomic E-state index is 0.0649. The van der Waals surface area contributed by atoms with Crippen molar-refractivity contribution < 1.29 is 26.3 Å². The fourth-order valence-electron chi connectivity index (χ4n) is 3.79. The number of pyridine rings is 2. The maximum atomic E-state index is 12.8. The molecule has 4 rings (SSSR count). The first-order chi connectivity index (χ1) is 16.1. The van der Waals surface area contributed by atoms with Crippen molar-refractivity contribution in [2.45, 2.75) is 18.2 Å². The molecule has 1 aliphatic rings. The normalized spacial score (nSPS) is 16.0. The zero-order chi connectivity index (χ0) is 24.3. The number of fused-ring (bicyclic) bond motifs is 1. The second-order valence-corrected chi connectivity index (χ2v) is 9.79. The zero-order valence-electron chi connectivity index (χ0n) is 18.4. The van der Waals surface area contributed by atoms with Gasteiger partial charge in [-0.3, -0.25) is 9.88 Å². The average Bonchev–Trinajstić information content (AvgIpc) is 2.79. The first-order valence-electron chi connectivity index (χ1n) is 10.7. The SMILES string of the molecule is Cc1nccc2nc(NCCN3CCN(S(=O)(=O)c4ccc(OC(F)(F)F)cc4)CC3)ccc12. The molecule has 34 heavy (non-hydrogen) atoms. The number of hydrogen-bond donors (Lipinski definition) is 1. The Morgan fingerprint density at radius 1 is 1.03 bits per heavy atom. The Bertz CT molecular complexity index is 1240. The van der Waals surface area contributed by atoms with Gasteiger partial charge in [-0.05, 0) is 49.4 Å². The number of aromatic nitrogens is 2. The maximum absolute atomic E-state index is 12.8. The Balaban J connectivity index is 1.27. The van der Waals surface area contributed by atoms with Crippen LogP contribution >= 0.6 is 0 Å². The monoisotopic (exact) mass is 495 g/mol. The van der Waals surface area contributed by atoms with E-state index in [4.69, 9.17) is 0 Å². The number of ether oxygens (including phenoxy) is 1. The van der Waals surface area contributed by atoms with Crippen LogP contribution in [0.25, 0.3) is 10.9 Å². The van der Waals surface area contributed by atoms with Crippen LogP contribution in [-0.2, 0) is 10.0 Å². The molecule has 0 saturated carbocycles. The number of benzene rings is 1. The second-order valence-electron chi connectivity index (χ2n) is 7.85. The molecular weight excluding hydrogens is 471 g/mol. The highest BCUT2D eigenvalue weighted by Gasteiger charge is 2.32. The van der Waals surface area contributed by atoms with Crippen LogP contribution in [0.5, 0.6) is 5.75 Å². The Morgan fingerprint density at radius 2 is 1.74 bits per heavy atom. The Hall–Kier alpha value is -2.96. The standard InChI is InChI=1S/C22H24F3N5O3S/c1-16-19-6-7-21(28-20(19)8-9-26-16)27-10-11-29-12-14-30(15-13-29)34(31,32)18-4-2-17(3-5-18)33-22(23,24)25/h2-9H,10-15H2,1H3,(H,27,28). The molecule has 1 fully saturated rings. The molecule has 182 valence electrons. The van der Waals surface area contributed by atoms with Crippen LogP contribution < -0.4 is 10.1 Å². The van der Waals surface area contributed by atoms with Crippen LogP contribution in [0.3, 0.4) is 0 Å². The van der Waals surface area contributed by atoms with E-state index < -0.39 is 22.1 Å². The van der Waals surface area contributed by atoms with Crippen LogP contribution in [0.15, 0.2) is 53.6 Å². The third-order valence-electron chi connectivity index (χ3n) is 5.58. The van der Waals surface area contributed by atoms with E-state index in [1.165, 1.54) is 4.31 Å². The van der Waals surface area contributed by atoms with Crippen LogP contribution in [0.1, 0.15) is 5.69 Å². The van der Waals surface area contributed by atoms with Crippen LogP contribution in [0, 0.1) is 6.92 Å². The predicted molar refractivity (Wildman–Crippen MR) is 121 cm³/mol. The number of aryl methyl sites for hydroxylation is 1. The van der Waals surface area contributed by atoms with Crippen LogP contribution in [-0.4, -0.2) is 73.2 Å². The van der Waals surface area contributed by atoms with Gasteiger partial charge in [-0.1, -0.05) is 0 Å². The smallest absolute Gasteiger partial charge is 0.406 e. The quantitative estimate of drug-likeness (QED) is 0.538. The lowest BCUT2D eigenvalue weighted by Gasteiger charge is -2.34. The Kier molecular flexibility index (Phi) is 6.91. The van der Waals surface area contributed by atoms with E-state index in [2.05, 4.69) is 24.9 Å². The fraction of sp³-hybridized carbons (Fsp3) is 0.364. The number of halogens is 3. The summed E-state index contributed by atoms with van der Waals surface area (Å²) in [6.45, 7) is 4.99. The molecular formula is C22H24F3N5O3S. The maximum Gasteiger partial charge on any atom is 0.573 e. The molecule has 1 aliphatic heterocycles. The van der Waals surface area contributed by atoms with Gasteiger partial charge < -0.3 is 10.1 Å². The third-order valence-corrected chi connectivity index (χ3v) is 7.49. The summed E-state index contributed by atoms with van der Waals surface area (Å²) in [5.41, 5.74) is 1.80. The van der Waals surface area contributed by atoms with Crippen molar-refractivity contribution >= 4 is 26.7 Å². The van der Waals surface area contributed by atoms with Crippen LogP contribution in [0.4, 0.5) is 19.0 Å². The molecule has 1 N–H and O–H groups in total. The lowest BCUT2D eigenvalue weighted by Crippen LogP contribution is -2.49. The summed E-state index contributed by atoms with van der Waals surface area (Å²) in [7, 11) is -3.79. The van der Waals surface area contributed by atoms with Gasteiger partial charge in [0.15, 0.2) is 0 Å². The van der Waals surface area contributed by atoms with Crippen molar-refractivity contribution in [2.24, 2.45) is 0 Å². The highest BCUT2D eigenvalue weighted by Crippen LogP contribution is 2.25. The van der Waals surface area contributed by atoms with Crippen molar-refractivity contribution in [1.29, 1.82) is 0 Å². The minimum atomic E-state index is -4.83. The number of hydrogen-bond acceptors (Lipinski definition) is 7. The van der Waals surface area contributed by atoms with Gasteiger partial charge in [0.1, 0.15) is 11.6 Å². The molecule has 0 unspecified atom stereocenters. The van der Waals surface area contributed by atoms with Crippen molar-refractivity contribution in [3.05, 3.63) is 54.4 Å². The first kappa shape index (κ1) is 24.2. The molecule has 12 heteroatoms. The zero-order valence-corrected chi connectivity index (χ0v) is 19.2. The summed E-state index contributed by atoms with van der Waals surface area (Å²) in [5, 5.41) is 4.30. The molecule has 3 aromatic rings. The molecule has 8 nitrogen and oxygen atoms in total. The van der Waals surface area contributed by atoms with E-state index in [-0.39, 0.29) is 4.90 Å².